The highest BCUT2D eigenvalue weighted by atomic mass is 19.4. The average Bonchev–Trinajstić information content (AvgIpc) is 2.59. The summed E-state index contributed by atoms with van der Waals surface area (Å²) in [5.41, 5.74) is -3.05. The second kappa shape index (κ2) is 7.09. The van der Waals surface area contributed by atoms with Gasteiger partial charge < -0.3 is 5.32 Å². The standard InChI is InChI=1S/C19H15F6N3O/c1-18(2,19(23,24)25)27-17(29)11-6-10-4-3-5-26-16(10)28(9-11)15-13(21)7-12(20)8-14(15)22/h3-5,7-9H,6H2,1-2H3,(H,27,29). The third kappa shape index (κ3) is 3.92. The highest BCUT2D eigenvalue weighted by Gasteiger charge is 2.48. The van der Waals surface area contributed by atoms with Crippen LogP contribution in [0.1, 0.15) is 19.4 Å². The van der Waals surface area contributed by atoms with Crippen molar-refractivity contribution in [2.24, 2.45) is 0 Å². The molecule has 29 heavy (non-hydrogen) atoms. The Balaban J connectivity index is 2.07. The molecule has 10 heteroatoms. The van der Waals surface area contributed by atoms with E-state index < -0.39 is 40.8 Å². The van der Waals surface area contributed by atoms with Gasteiger partial charge in [-0.25, -0.2) is 18.2 Å². The lowest BCUT2D eigenvalue weighted by molar-refractivity contribution is -0.187. The van der Waals surface area contributed by atoms with E-state index in [0.717, 1.165) is 24.9 Å². The number of hydrogen-bond acceptors (Lipinski definition) is 3. The third-order valence-corrected chi connectivity index (χ3v) is 4.41. The molecule has 0 saturated carbocycles. The zero-order valence-electron chi connectivity index (χ0n) is 15.2. The molecule has 0 bridgehead atoms. The number of amides is 1. The van der Waals surface area contributed by atoms with Crippen LogP contribution in [0.3, 0.4) is 0 Å². The van der Waals surface area contributed by atoms with E-state index in [1.807, 2.05) is 5.32 Å². The van der Waals surface area contributed by atoms with E-state index in [1.54, 1.807) is 0 Å². The van der Waals surface area contributed by atoms with Gasteiger partial charge in [0.2, 0.25) is 5.91 Å². The topological polar surface area (TPSA) is 45.2 Å². The van der Waals surface area contributed by atoms with Crippen molar-refractivity contribution >= 4 is 17.4 Å². The Labute approximate surface area is 161 Å². The number of nitrogens with zero attached hydrogens (tertiary/aromatic N) is 2. The molecule has 1 amide bonds. The SMILES string of the molecule is CC(C)(NC(=O)C1=CN(c2c(F)cc(F)cc2F)c2ncccc2C1)C(F)(F)F. The number of pyridine rings is 1. The van der Waals surface area contributed by atoms with Crippen molar-refractivity contribution in [3.8, 4) is 0 Å². The number of alkyl halides is 3. The van der Waals surface area contributed by atoms with Crippen molar-refractivity contribution in [3.05, 3.63) is 65.3 Å². The van der Waals surface area contributed by atoms with Gasteiger partial charge in [0.05, 0.1) is 0 Å². The zero-order valence-corrected chi connectivity index (χ0v) is 15.2. The highest BCUT2D eigenvalue weighted by molar-refractivity contribution is 5.96. The fourth-order valence-electron chi connectivity index (χ4n) is 2.76. The second-order valence-electron chi connectivity index (χ2n) is 6.98. The summed E-state index contributed by atoms with van der Waals surface area (Å²) in [4.78, 5) is 17.4. The third-order valence-electron chi connectivity index (χ3n) is 4.41. The predicted molar refractivity (Wildman–Crippen MR) is 92.8 cm³/mol. The Kier molecular flexibility index (Phi) is 5.06. The summed E-state index contributed by atoms with van der Waals surface area (Å²) in [6.45, 7) is 1.59. The Bertz CT molecular complexity index is 977. The number of nitrogens with one attached hydrogen (secondary N) is 1. The van der Waals surface area contributed by atoms with E-state index in [9.17, 15) is 31.1 Å². The maximum absolute atomic E-state index is 14.3. The number of carbonyl (C=O) groups excluding carboxylic acids is 1. The molecule has 1 aromatic heterocycles. The van der Waals surface area contributed by atoms with Gasteiger partial charge in [-0.05, 0) is 19.9 Å². The van der Waals surface area contributed by atoms with Crippen LogP contribution < -0.4 is 10.2 Å². The van der Waals surface area contributed by atoms with Crippen molar-refractivity contribution in [1.29, 1.82) is 0 Å². The van der Waals surface area contributed by atoms with Crippen LogP contribution in [0.15, 0.2) is 42.2 Å². The number of hydrogen-bond donors (Lipinski definition) is 1. The van der Waals surface area contributed by atoms with Gasteiger partial charge in [0.1, 0.15) is 22.9 Å². The van der Waals surface area contributed by atoms with Gasteiger partial charge in [-0.1, -0.05) is 6.07 Å². The minimum atomic E-state index is -4.72. The van der Waals surface area contributed by atoms with Crippen LogP contribution in [0.25, 0.3) is 0 Å². The predicted octanol–water partition coefficient (Wildman–Crippen LogP) is 4.53. The summed E-state index contributed by atoms with van der Waals surface area (Å²) in [7, 11) is 0. The van der Waals surface area contributed by atoms with Crippen molar-refractivity contribution in [2.45, 2.75) is 32.0 Å². The lowest BCUT2D eigenvalue weighted by Gasteiger charge is -2.32. The van der Waals surface area contributed by atoms with Gasteiger partial charge in [-0.15, -0.1) is 0 Å². The quantitative estimate of drug-likeness (QED) is 0.749. The number of anilines is 2. The molecular weight excluding hydrogens is 400 g/mol. The number of halogens is 6. The van der Waals surface area contributed by atoms with E-state index in [2.05, 4.69) is 4.98 Å². The minimum Gasteiger partial charge on any atom is -0.338 e. The first-order valence-corrected chi connectivity index (χ1v) is 8.38. The second-order valence-corrected chi connectivity index (χ2v) is 6.98. The Hall–Kier alpha value is -3.04. The maximum Gasteiger partial charge on any atom is 0.410 e. The molecule has 2 aromatic rings. The fourth-order valence-corrected chi connectivity index (χ4v) is 2.76. The van der Waals surface area contributed by atoms with Gasteiger partial charge in [0, 0.05) is 42.1 Å². The molecule has 0 aliphatic carbocycles. The summed E-state index contributed by atoms with van der Waals surface area (Å²) in [5, 5.41) is 1.88. The molecular formula is C19H15F6N3O. The van der Waals surface area contributed by atoms with E-state index in [0.29, 0.717) is 17.7 Å². The molecule has 1 aliphatic rings. The van der Waals surface area contributed by atoms with Crippen molar-refractivity contribution in [3.63, 3.8) is 0 Å². The van der Waals surface area contributed by atoms with E-state index >= 15 is 0 Å². The maximum atomic E-state index is 14.3. The molecule has 0 atom stereocenters. The van der Waals surface area contributed by atoms with Crippen molar-refractivity contribution in [1.82, 2.24) is 10.3 Å². The number of fused-ring (bicyclic) bond motifs is 1. The number of rotatable bonds is 3. The zero-order chi connectivity index (χ0) is 21.6. The van der Waals surface area contributed by atoms with Crippen LogP contribution in [0.2, 0.25) is 0 Å². The van der Waals surface area contributed by atoms with Crippen LogP contribution in [-0.2, 0) is 11.2 Å². The van der Waals surface area contributed by atoms with Crippen molar-refractivity contribution in [2.75, 3.05) is 4.90 Å². The number of aromatic nitrogens is 1. The highest BCUT2D eigenvalue weighted by Crippen LogP contribution is 2.37. The number of carbonyl (C=O) groups is 1. The smallest absolute Gasteiger partial charge is 0.338 e. The Morgan fingerprint density at radius 1 is 1.14 bits per heavy atom. The normalized spacial score (nSPS) is 14.3. The van der Waals surface area contributed by atoms with Gasteiger partial charge >= 0.3 is 6.18 Å². The average molecular weight is 415 g/mol. The first-order chi connectivity index (χ1) is 13.4. The molecule has 1 aromatic carbocycles. The Morgan fingerprint density at radius 2 is 1.76 bits per heavy atom. The van der Waals surface area contributed by atoms with E-state index in [1.165, 1.54) is 18.3 Å². The first kappa shape index (κ1) is 20.7. The molecule has 0 radical (unpaired) electrons. The van der Waals surface area contributed by atoms with Gasteiger partial charge in [0.15, 0.2) is 11.6 Å². The number of benzene rings is 1. The molecule has 0 fully saturated rings. The molecule has 1 aliphatic heterocycles. The molecule has 2 heterocycles. The molecule has 3 rings (SSSR count). The lowest BCUT2D eigenvalue weighted by Crippen LogP contribution is -2.54. The summed E-state index contributed by atoms with van der Waals surface area (Å²) in [6, 6.07) is 3.94. The van der Waals surface area contributed by atoms with Gasteiger partial charge in [-0.3, -0.25) is 9.69 Å². The summed E-state index contributed by atoms with van der Waals surface area (Å²) >= 11 is 0. The summed E-state index contributed by atoms with van der Waals surface area (Å²) in [5.74, 6) is -4.64. The molecule has 1 N–H and O–H groups in total. The monoisotopic (exact) mass is 415 g/mol. The molecule has 154 valence electrons. The van der Waals surface area contributed by atoms with Gasteiger partial charge in [-0.2, -0.15) is 13.2 Å². The first-order valence-electron chi connectivity index (χ1n) is 8.38. The lowest BCUT2D eigenvalue weighted by atomic mass is 9.99. The van der Waals surface area contributed by atoms with Crippen molar-refractivity contribution < 1.29 is 31.1 Å². The van der Waals surface area contributed by atoms with Crippen LogP contribution in [0, 0.1) is 17.5 Å². The molecule has 0 unspecified atom stereocenters. The fraction of sp³-hybridized carbons (Fsp3) is 0.263. The largest absolute Gasteiger partial charge is 0.410 e. The molecule has 0 saturated heterocycles. The van der Waals surface area contributed by atoms with Crippen LogP contribution in [0.5, 0.6) is 0 Å². The van der Waals surface area contributed by atoms with Crippen LogP contribution in [0.4, 0.5) is 37.8 Å². The van der Waals surface area contributed by atoms with Crippen LogP contribution in [-0.4, -0.2) is 22.6 Å². The minimum absolute atomic E-state index is 0.0727. The summed E-state index contributed by atoms with van der Waals surface area (Å²) in [6.07, 6.45) is -2.48. The summed E-state index contributed by atoms with van der Waals surface area (Å²) < 4.78 is 81.2. The van der Waals surface area contributed by atoms with Crippen LogP contribution >= 0.6 is 0 Å². The van der Waals surface area contributed by atoms with E-state index in [-0.39, 0.29) is 17.8 Å². The van der Waals surface area contributed by atoms with E-state index in [4.69, 9.17) is 0 Å². The Morgan fingerprint density at radius 3 is 2.34 bits per heavy atom. The molecule has 4 nitrogen and oxygen atoms in total. The van der Waals surface area contributed by atoms with Gasteiger partial charge in [0.25, 0.3) is 0 Å². The molecule has 0 spiro atoms.